The van der Waals surface area contributed by atoms with E-state index in [1.165, 1.54) is 43.0 Å². The molecule has 0 radical (unpaired) electrons. The number of nitrogens with one attached hydrogen (secondary N) is 9. The summed E-state index contributed by atoms with van der Waals surface area (Å²) in [6, 6.07) is 7.07. The van der Waals surface area contributed by atoms with E-state index in [1.54, 1.807) is 70.6 Å². The van der Waals surface area contributed by atoms with Crippen LogP contribution < -0.4 is 54.0 Å². The number of hydrogen-bond acceptors (Lipinski definition) is 21. The standard InChI is InChI=1S/C64H90N14O17S2/c1-37(66)56-63(93)74-51(62(92)72-49(34-79)38(2)80)36-97-96-35-50(73-58(88)46(28-39-10-4-3-5-11-39)68-53(82)20-19-52(64(94)95)78-26-24-76(32-54(83)84)22-23-77(25-27-78)33-55(85)86)61(91)70-47(29-40-15-17-42(81)18-16-40)59(89)71-48(30-41-31-67-44-13-7-6-12-43(41)44)60(90)69-45(57(87)75-56)14-8-9-21-65/h3-7,10-13,15-18,31,37-38,45-52,56,67,79-81H,8-9,14,19-30,32-36,65-66H2,1-2H3,(H,68,82)(H,69,90)(H,70,91)(H,71,89)(H,72,92)(H,73,88)(H,74,93)(H,75,87)(H,83,84)(H,85,86)(H,94,95)/t37-,38-,45+,46-,47+,48-,49-,50+,51+,52-,56+/m1/s1. The molecule has 2 fully saturated rings. The number of nitrogens with zero attached hydrogens (tertiary/aromatic N) is 3. The minimum Gasteiger partial charge on any atom is -0.508 e. The summed E-state index contributed by atoms with van der Waals surface area (Å²) < 4.78 is 0. The van der Waals surface area contributed by atoms with Crippen molar-refractivity contribution in [3.05, 3.63) is 102 Å². The number of carboxylic acid groups (broad SMARTS) is 3. The number of phenols is 1. The number of aliphatic hydroxyl groups is 2. The Hall–Kier alpha value is -8.41. The van der Waals surface area contributed by atoms with Gasteiger partial charge in [0, 0.05) is 99.6 Å². The lowest BCUT2D eigenvalue weighted by molar-refractivity contribution is -0.145. The number of aromatic amines is 1. The van der Waals surface area contributed by atoms with E-state index >= 15 is 14.4 Å². The molecule has 31 nitrogen and oxygen atoms in total. The zero-order valence-electron chi connectivity index (χ0n) is 54.1. The minimum atomic E-state index is -1.62. The van der Waals surface area contributed by atoms with Crippen molar-refractivity contribution in [2.45, 2.75) is 132 Å². The van der Waals surface area contributed by atoms with Crippen molar-refractivity contribution in [2.24, 2.45) is 11.5 Å². The molecule has 0 spiro atoms. The number of para-hydroxylation sites is 1. The van der Waals surface area contributed by atoms with E-state index in [4.69, 9.17) is 11.5 Å². The summed E-state index contributed by atoms with van der Waals surface area (Å²) in [5, 5.41) is 82.7. The number of fused-ring (bicyclic) bond motifs is 1. The molecule has 0 aliphatic carbocycles. The molecule has 530 valence electrons. The fourth-order valence-electron chi connectivity index (χ4n) is 11.0. The SMILES string of the molecule is C[C@@H](N)[C@@H]1NC(=O)[C@H](CCCCN)NC(=O)[C@@H](Cc2c[nH]c3ccccc23)NC(=O)[C@H](Cc2ccc(O)cc2)NC(=O)[C@@H](NC(=O)[C@@H](Cc2ccccc2)NC(=O)CC[C@H](C(=O)O)N2CCN(CC(=O)O)CCN(CC(=O)O)CC2)CSSC[C@@H](C(=O)N[C@H](CO)[C@@H](C)O)NC1=O. The average molecular weight is 1390 g/mol. The Morgan fingerprint density at radius 2 is 1.26 bits per heavy atom. The van der Waals surface area contributed by atoms with Crippen LogP contribution in [0.15, 0.2) is 85.1 Å². The molecule has 3 heterocycles. The first kappa shape index (κ1) is 77.6. The number of amides is 8. The number of benzene rings is 3. The molecule has 33 heteroatoms. The first-order valence-electron chi connectivity index (χ1n) is 32.0. The fraction of sp³-hybridized carbons (Fsp3) is 0.516. The van der Waals surface area contributed by atoms with Gasteiger partial charge in [0.2, 0.25) is 47.3 Å². The summed E-state index contributed by atoms with van der Waals surface area (Å²) in [5.74, 6) is -11.6. The van der Waals surface area contributed by atoms with Crippen LogP contribution in [0, 0.1) is 0 Å². The van der Waals surface area contributed by atoms with Crippen LogP contribution in [0.1, 0.15) is 62.6 Å². The van der Waals surface area contributed by atoms with E-state index in [1.807, 2.05) is 0 Å². The van der Waals surface area contributed by atoms with E-state index in [0.29, 0.717) is 40.4 Å². The number of unbranched alkanes of at least 4 members (excludes halogenated alkanes) is 1. The van der Waals surface area contributed by atoms with Crippen LogP contribution in [-0.4, -0.2) is 259 Å². The van der Waals surface area contributed by atoms with E-state index in [2.05, 4.69) is 47.5 Å². The van der Waals surface area contributed by atoms with Gasteiger partial charge in [0.1, 0.15) is 54.1 Å². The second kappa shape index (κ2) is 39.1. The number of carboxylic acids is 3. The number of aliphatic hydroxyl groups excluding tert-OH is 2. The highest BCUT2D eigenvalue weighted by Gasteiger charge is 2.38. The van der Waals surface area contributed by atoms with Crippen molar-refractivity contribution >= 4 is 97.7 Å². The van der Waals surface area contributed by atoms with Crippen LogP contribution in [0.25, 0.3) is 10.9 Å². The molecule has 8 amide bonds. The Balaban J connectivity index is 1.39. The number of aliphatic carboxylic acids is 3. The lowest BCUT2D eigenvalue weighted by Gasteiger charge is -2.30. The zero-order valence-corrected chi connectivity index (χ0v) is 55.7. The van der Waals surface area contributed by atoms with Crippen LogP contribution in [0.2, 0.25) is 0 Å². The van der Waals surface area contributed by atoms with Gasteiger partial charge in [0.05, 0.1) is 31.8 Å². The molecule has 2 saturated heterocycles. The summed E-state index contributed by atoms with van der Waals surface area (Å²) in [7, 11) is 1.84. The summed E-state index contributed by atoms with van der Waals surface area (Å²) in [5.41, 5.74) is 14.4. The van der Waals surface area contributed by atoms with Crippen LogP contribution in [0.3, 0.4) is 0 Å². The predicted octanol–water partition coefficient (Wildman–Crippen LogP) is -2.65. The van der Waals surface area contributed by atoms with Crippen LogP contribution in [0.5, 0.6) is 5.75 Å². The summed E-state index contributed by atoms with van der Waals surface area (Å²) >= 11 is 0. The molecule has 0 bridgehead atoms. The molecule has 0 saturated carbocycles. The maximum atomic E-state index is 15.2. The highest BCUT2D eigenvalue weighted by Crippen LogP contribution is 2.25. The highest BCUT2D eigenvalue weighted by atomic mass is 33.1. The number of carbonyl (C=O) groups excluding carboxylic acids is 8. The van der Waals surface area contributed by atoms with Crippen molar-refractivity contribution in [3.63, 3.8) is 0 Å². The minimum absolute atomic E-state index is 0.0151. The highest BCUT2D eigenvalue weighted by molar-refractivity contribution is 8.76. The Morgan fingerprint density at radius 3 is 1.87 bits per heavy atom. The van der Waals surface area contributed by atoms with Gasteiger partial charge in [-0.1, -0.05) is 82.3 Å². The number of nitrogens with two attached hydrogens (primary N) is 2. The monoisotopic (exact) mass is 1390 g/mol. The first-order valence-corrected chi connectivity index (χ1v) is 34.4. The van der Waals surface area contributed by atoms with Crippen LogP contribution >= 0.6 is 21.6 Å². The zero-order chi connectivity index (χ0) is 70.7. The van der Waals surface area contributed by atoms with Gasteiger partial charge in [-0.25, -0.2) is 0 Å². The second-order valence-electron chi connectivity index (χ2n) is 24.1. The lowest BCUT2D eigenvalue weighted by atomic mass is 10.0. The molecular formula is C64H90N14O17S2. The summed E-state index contributed by atoms with van der Waals surface area (Å²) in [6.07, 6.45) is -0.348. The van der Waals surface area contributed by atoms with Crippen molar-refractivity contribution in [1.82, 2.24) is 62.2 Å². The predicted molar refractivity (Wildman–Crippen MR) is 360 cm³/mol. The maximum absolute atomic E-state index is 15.2. The van der Waals surface area contributed by atoms with Gasteiger partial charge in [-0.15, -0.1) is 0 Å². The molecule has 2 aliphatic rings. The van der Waals surface area contributed by atoms with Crippen molar-refractivity contribution < 1.29 is 83.4 Å². The van der Waals surface area contributed by atoms with Crippen molar-refractivity contribution in [1.29, 1.82) is 0 Å². The number of carbonyl (C=O) groups is 11. The van der Waals surface area contributed by atoms with Crippen LogP contribution in [-0.2, 0) is 72.0 Å². The third-order valence-electron chi connectivity index (χ3n) is 16.5. The number of phenolic OH excluding ortho intramolecular Hbond substituents is 1. The van der Waals surface area contributed by atoms with Gasteiger partial charge in [-0.3, -0.25) is 67.4 Å². The smallest absolute Gasteiger partial charge is 0.320 e. The van der Waals surface area contributed by atoms with E-state index in [0.717, 1.165) is 21.6 Å². The lowest BCUT2D eigenvalue weighted by Crippen LogP contribution is -2.63. The molecule has 11 atom stereocenters. The maximum Gasteiger partial charge on any atom is 0.320 e. The fourth-order valence-corrected chi connectivity index (χ4v) is 13.4. The second-order valence-corrected chi connectivity index (χ2v) is 26.6. The molecular weight excluding hydrogens is 1300 g/mol. The summed E-state index contributed by atoms with van der Waals surface area (Å²) in [4.78, 5) is 162. The molecule has 4 aromatic rings. The first-order chi connectivity index (χ1) is 46.3. The van der Waals surface area contributed by atoms with E-state index in [-0.39, 0.29) is 95.2 Å². The molecule has 19 N–H and O–H groups in total. The van der Waals surface area contributed by atoms with Crippen LogP contribution in [0.4, 0.5) is 0 Å². The molecule has 1 aromatic heterocycles. The van der Waals surface area contributed by atoms with Gasteiger partial charge >= 0.3 is 17.9 Å². The molecule has 97 heavy (non-hydrogen) atoms. The third-order valence-corrected chi connectivity index (χ3v) is 18.9. The average Bonchev–Trinajstić information content (AvgIpc) is 1.63. The normalized spacial score (nSPS) is 22.0. The molecule has 0 unspecified atom stereocenters. The van der Waals surface area contributed by atoms with Crippen molar-refractivity contribution in [3.8, 4) is 5.75 Å². The number of aromatic nitrogens is 1. The molecule has 3 aromatic carbocycles. The largest absolute Gasteiger partial charge is 0.508 e. The van der Waals surface area contributed by atoms with Gasteiger partial charge in [-0.05, 0) is 81.0 Å². The quantitative estimate of drug-likeness (QED) is 0.0214. The number of H-pyrrole nitrogens is 1. The van der Waals surface area contributed by atoms with E-state index < -0.39 is 158 Å². The number of aromatic hydroxyl groups is 1. The Kier molecular flexibility index (Phi) is 31.3. The third kappa shape index (κ3) is 25.2. The molecule has 6 rings (SSSR count). The topological polar surface area (TPSA) is 483 Å². The summed E-state index contributed by atoms with van der Waals surface area (Å²) in [6.45, 7) is 2.14. The van der Waals surface area contributed by atoms with Gasteiger partial charge in [-0.2, -0.15) is 0 Å². The van der Waals surface area contributed by atoms with Gasteiger partial charge in [0.25, 0.3) is 0 Å². The van der Waals surface area contributed by atoms with Gasteiger partial charge in [0.15, 0.2) is 0 Å². The Bertz CT molecular complexity index is 3290. The number of rotatable bonds is 27. The Morgan fingerprint density at radius 1 is 0.670 bits per heavy atom. The van der Waals surface area contributed by atoms with Gasteiger partial charge < -0.3 is 89.6 Å². The Labute approximate surface area is 568 Å². The molecule has 2 aliphatic heterocycles. The van der Waals surface area contributed by atoms with E-state index in [9.17, 15) is 69.0 Å². The number of hydrogen-bond donors (Lipinski definition) is 17. The van der Waals surface area contributed by atoms with Crippen molar-refractivity contribution in [2.75, 3.05) is 77.0 Å².